The van der Waals surface area contributed by atoms with Crippen molar-refractivity contribution in [1.29, 1.82) is 0 Å². The van der Waals surface area contributed by atoms with Gasteiger partial charge in [0.05, 0.1) is 16.7 Å². The summed E-state index contributed by atoms with van der Waals surface area (Å²) in [6.45, 7) is 5.20. The number of aliphatic hydroxyl groups excluding tert-OH is 1. The molecule has 1 aliphatic heterocycles. The van der Waals surface area contributed by atoms with Gasteiger partial charge < -0.3 is 5.11 Å². The zero-order valence-electron chi connectivity index (χ0n) is 9.88. The zero-order chi connectivity index (χ0) is 12.6. The van der Waals surface area contributed by atoms with Gasteiger partial charge in [-0.1, -0.05) is 0 Å². The van der Waals surface area contributed by atoms with E-state index in [4.69, 9.17) is 0 Å². The molecule has 0 unspecified atom stereocenters. The molecular weight excluding hydrogens is 222 g/mol. The van der Waals surface area contributed by atoms with Crippen LogP contribution in [-0.4, -0.2) is 39.1 Å². The number of aromatic nitrogens is 1. The summed E-state index contributed by atoms with van der Waals surface area (Å²) < 4.78 is 0. The van der Waals surface area contributed by atoms with E-state index >= 15 is 0 Å². The Morgan fingerprint density at radius 3 is 2.76 bits per heavy atom. The Morgan fingerprint density at radius 1 is 1.59 bits per heavy atom. The Bertz CT molecular complexity index is 456. The van der Waals surface area contributed by atoms with Crippen LogP contribution in [0.1, 0.15) is 16.8 Å². The molecule has 0 radical (unpaired) electrons. The number of hydrogen-bond donors (Lipinski definition) is 1. The van der Waals surface area contributed by atoms with E-state index in [1.807, 2.05) is 4.90 Å². The second kappa shape index (κ2) is 4.38. The first-order valence-electron chi connectivity index (χ1n) is 5.49. The number of aliphatic hydroxyl groups is 1. The van der Waals surface area contributed by atoms with Gasteiger partial charge in [0.2, 0.25) is 0 Å². The summed E-state index contributed by atoms with van der Waals surface area (Å²) in [7, 11) is 0. The van der Waals surface area contributed by atoms with Crippen molar-refractivity contribution in [2.24, 2.45) is 0 Å². The molecular formula is C11H15N3O3. The second-order valence-corrected chi connectivity index (χ2v) is 4.47. The molecule has 6 nitrogen and oxygen atoms in total. The smallest absolute Gasteiger partial charge is 0.278 e. The second-order valence-electron chi connectivity index (χ2n) is 4.47. The van der Waals surface area contributed by atoms with Crippen molar-refractivity contribution in [2.75, 3.05) is 13.1 Å². The average molecular weight is 237 g/mol. The largest absolute Gasteiger partial charge is 0.390 e. The van der Waals surface area contributed by atoms with Gasteiger partial charge in [-0.2, -0.15) is 0 Å². The maximum Gasteiger partial charge on any atom is 0.278 e. The van der Waals surface area contributed by atoms with Crippen molar-refractivity contribution < 1.29 is 10.0 Å². The number of β-amino-alcohol motifs (C(OH)–C–C–N with tert-alkyl or cyclic N) is 1. The Labute approximate surface area is 99.0 Å². The lowest BCUT2D eigenvalue weighted by molar-refractivity contribution is -0.386. The van der Waals surface area contributed by atoms with E-state index in [0.717, 1.165) is 0 Å². The number of hydrogen-bond acceptors (Lipinski definition) is 5. The minimum atomic E-state index is -0.360. The molecule has 0 aliphatic carbocycles. The molecule has 0 spiro atoms. The minimum absolute atomic E-state index is 0.149. The Balaban J connectivity index is 2.23. The lowest BCUT2D eigenvalue weighted by Gasteiger charge is -2.35. The van der Waals surface area contributed by atoms with Gasteiger partial charge >= 0.3 is 0 Å². The van der Waals surface area contributed by atoms with Crippen molar-refractivity contribution in [3.63, 3.8) is 0 Å². The van der Waals surface area contributed by atoms with Crippen LogP contribution in [-0.2, 0) is 6.54 Å². The van der Waals surface area contributed by atoms with Gasteiger partial charge in [0.1, 0.15) is 0 Å². The lowest BCUT2D eigenvalue weighted by Crippen LogP contribution is -2.50. The predicted octanol–water partition coefficient (Wildman–Crippen LogP) is 0.783. The maximum absolute atomic E-state index is 10.9. The molecule has 1 aromatic rings. The predicted molar refractivity (Wildman–Crippen MR) is 61.6 cm³/mol. The first-order chi connectivity index (χ1) is 7.99. The highest BCUT2D eigenvalue weighted by atomic mass is 16.6. The number of nitrogens with zero attached hydrogens (tertiary/aromatic N) is 3. The molecule has 1 aliphatic rings. The van der Waals surface area contributed by atoms with Crippen LogP contribution in [0.3, 0.4) is 0 Å². The molecule has 0 aromatic carbocycles. The van der Waals surface area contributed by atoms with Crippen LogP contribution in [0, 0.1) is 24.0 Å². The van der Waals surface area contributed by atoms with Crippen LogP contribution in [0.25, 0.3) is 0 Å². The normalized spacial score (nSPS) is 16.9. The molecule has 1 saturated heterocycles. The van der Waals surface area contributed by atoms with E-state index < -0.39 is 0 Å². The van der Waals surface area contributed by atoms with Gasteiger partial charge in [0.15, 0.2) is 0 Å². The van der Waals surface area contributed by atoms with Gasteiger partial charge in [-0.25, -0.2) is 0 Å². The van der Waals surface area contributed by atoms with Crippen molar-refractivity contribution in [3.05, 3.63) is 33.1 Å². The van der Waals surface area contributed by atoms with Crippen LogP contribution in [0.15, 0.2) is 6.20 Å². The number of nitro groups is 1. The third-order valence-electron chi connectivity index (χ3n) is 3.07. The van der Waals surface area contributed by atoms with Gasteiger partial charge in [-0.3, -0.25) is 20.0 Å². The topological polar surface area (TPSA) is 79.5 Å². The van der Waals surface area contributed by atoms with Gasteiger partial charge in [0, 0.05) is 37.0 Å². The van der Waals surface area contributed by atoms with E-state index in [1.165, 1.54) is 6.20 Å². The van der Waals surface area contributed by atoms with Gasteiger partial charge in [-0.15, -0.1) is 0 Å². The number of pyridine rings is 1. The molecule has 1 N–H and O–H groups in total. The number of likely N-dealkylation sites (tertiary alicyclic amines) is 1. The summed E-state index contributed by atoms with van der Waals surface area (Å²) in [6.07, 6.45) is 1.27. The minimum Gasteiger partial charge on any atom is -0.390 e. The molecule has 1 fully saturated rings. The first-order valence-corrected chi connectivity index (χ1v) is 5.49. The fourth-order valence-corrected chi connectivity index (χ4v) is 2.09. The summed E-state index contributed by atoms with van der Waals surface area (Å²) in [5, 5.41) is 20.1. The maximum atomic E-state index is 10.9. The highest BCUT2D eigenvalue weighted by Crippen LogP contribution is 2.25. The quantitative estimate of drug-likeness (QED) is 0.620. The molecule has 92 valence electrons. The third-order valence-corrected chi connectivity index (χ3v) is 3.07. The van der Waals surface area contributed by atoms with Crippen molar-refractivity contribution >= 4 is 5.69 Å². The van der Waals surface area contributed by atoms with E-state index in [1.54, 1.807) is 13.8 Å². The Hall–Kier alpha value is -1.53. The summed E-state index contributed by atoms with van der Waals surface area (Å²) in [4.78, 5) is 16.8. The van der Waals surface area contributed by atoms with Crippen LogP contribution < -0.4 is 0 Å². The van der Waals surface area contributed by atoms with E-state index in [-0.39, 0.29) is 16.7 Å². The zero-order valence-corrected chi connectivity index (χ0v) is 9.88. The standard InChI is InChI=1S/C11H15N3O3/c1-7-3-12-10(6-13-4-9(15)5-13)8(2)11(7)14(16)17/h3,9,15H,4-6H2,1-2H3. The van der Waals surface area contributed by atoms with Crippen LogP contribution in [0.4, 0.5) is 5.69 Å². The summed E-state index contributed by atoms with van der Waals surface area (Å²) in [6, 6.07) is 0. The van der Waals surface area contributed by atoms with Crippen LogP contribution in [0.2, 0.25) is 0 Å². The summed E-state index contributed by atoms with van der Waals surface area (Å²) in [5.74, 6) is 0. The van der Waals surface area contributed by atoms with Crippen molar-refractivity contribution in [3.8, 4) is 0 Å². The van der Waals surface area contributed by atoms with Crippen LogP contribution in [0.5, 0.6) is 0 Å². The molecule has 1 aromatic heterocycles. The molecule has 17 heavy (non-hydrogen) atoms. The lowest BCUT2D eigenvalue weighted by atomic mass is 10.1. The van der Waals surface area contributed by atoms with Crippen LogP contribution >= 0.6 is 0 Å². The Kier molecular flexibility index (Phi) is 3.08. The van der Waals surface area contributed by atoms with E-state index in [9.17, 15) is 15.2 Å². The van der Waals surface area contributed by atoms with Gasteiger partial charge in [-0.05, 0) is 13.8 Å². The van der Waals surface area contributed by atoms with E-state index in [2.05, 4.69) is 4.98 Å². The number of aryl methyl sites for hydroxylation is 1. The SMILES string of the molecule is Cc1cnc(CN2CC(O)C2)c(C)c1[N+](=O)[O-]. The molecule has 0 amide bonds. The van der Waals surface area contributed by atoms with E-state index in [0.29, 0.717) is 36.5 Å². The third kappa shape index (κ3) is 2.27. The summed E-state index contributed by atoms with van der Waals surface area (Å²) in [5.41, 5.74) is 2.07. The molecule has 2 rings (SSSR count). The Morgan fingerprint density at radius 2 is 2.24 bits per heavy atom. The highest BCUT2D eigenvalue weighted by molar-refractivity contribution is 5.47. The van der Waals surface area contributed by atoms with Crippen molar-refractivity contribution in [1.82, 2.24) is 9.88 Å². The molecule has 0 bridgehead atoms. The molecule has 2 heterocycles. The monoisotopic (exact) mass is 237 g/mol. The fraction of sp³-hybridized carbons (Fsp3) is 0.545. The van der Waals surface area contributed by atoms with Gasteiger partial charge in [0.25, 0.3) is 5.69 Å². The number of rotatable bonds is 3. The average Bonchev–Trinajstić information content (AvgIpc) is 2.19. The first kappa shape index (κ1) is 11.9. The van der Waals surface area contributed by atoms with Crippen molar-refractivity contribution in [2.45, 2.75) is 26.5 Å². The highest BCUT2D eigenvalue weighted by Gasteiger charge is 2.26. The summed E-state index contributed by atoms with van der Waals surface area (Å²) >= 11 is 0. The molecule has 0 atom stereocenters. The fourth-order valence-electron chi connectivity index (χ4n) is 2.09. The molecule has 6 heteroatoms. The molecule has 0 saturated carbocycles.